The normalized spacial score (nSPS) is 16.2. The molecule has 0 spiro atoms. The molecular weight excluding hydrogens is 254 g/mol. The van der Waals surface area contributed by atoms with Crippen molar-refractivity contribution in [3.05, 3.63) is 36.7 Å². The molecule has 1 fully saturated rings. The molecule has 2 aromatic rings. The zero-order valence-electron chi connectivity index (χ0n) is 11.3. The number of H-pyrrole nitrogens is 1. The van der Waals surface area contributed by atoms with Crippen LogP contribution in [0.2, 0.25) is 0 Å². The first kappa shape index (κ1) is 13.1. The molecule has 3 rings (SSSR count). The second kappa shape index (κ2) is 6.54. The van der Waals surface area contributed by atoms with Crippen molar-refractivity contribution >= 4 is 0 Å². The lowest BCUT2D eigenvalue weighted by Gasteiger charge is -2.26. The molecule has 20 heavy (non-hydrogen) atoms. The van der Waals surface area contributed by atoms with Gasteiger partial charge in [0.15, 0.2) is 0 Å². The summed E-state index contributed by atoms with van der Waals surface area (Å²) in [6.45, 7) is 5.22. The van der Waals surface area contributed by atoms with Crippen molar-refractivity contribution < 1.29 is 9.47 Å². The van der Waals surface area contributed by atoms with E-state index in [1.807, 2.05) is 24.4 Å². The van der Waals surface area contributed by atoms with Gasteiger partial charge in [-0.15, -0.1) is 0 Å². The van der Waals surface area contributed by atoms with E-state index in [4.69, 9.17) is 9.47 Å². The van der Waals surface area contributed by atoms with E-state index in [0.29, 0.717) is 6.61 Å². The SMILES string of the molecule is [c]1ccc(-c2cn[nH]c2)cc1OCCN1CCOCC1. The quantitative estimate of drug-likeness (QED) is 0.898. The molecule has 1 radical (unpaired) electrons. The van der Waals surface area contributed by atoms with E-state index in [1.165, 1.54) is 0 Å². The summed E-state index contributed by atoms with van der Waals surface area (Å²) in [4.78, 5) is 2.35. The first-order chi connectivity index (χ1) is 9.92. The molecular formula is C15H18N3O2. The fourth-order valence-corrected chi connectivity index (χ4v) is 2.23. The van der Waals surface area contributed by atoms with Crippen LogP contribution in [-0.4, -0.2) is 54.6 Å². The lowest BCUT2D eigenvalue weighted by atomic mass is 10.1. The van der Waals surface area contributed by atoms with Crippen LogP contribution in [0.5, 0.6) is 5.75 Å². The van der Waals surface area contributed by atoms with Crippen LogP contribution in [0, 0.1) is 6.07 Å². The fraction of sp³-hybridized carbons (Fsp3) is 0.400. The molecule has 0 aliphatic carbocycles. The van der Waals surface area contributed by atoms with Crippen LogP contribution in [0.3, 0.4) is 0 Å². The molecule has 5 heteroatoms. The highest BCUT2D eigenvalue weighted by Gasteiger charge is 2.09. The zero-order chi connectivity index (χ0) is 13.6. The van der Waals surface area contributed by atoms with Gasteiger partial charge in [0.2, 0.25) is 0 Å². The van der Waals surface area contributed by atoms with Gasteiger partial charge >= 0.3 is 0 Å². The maximum Gasteiger partial charge on any atom is 0.127 e. The van der Waals surface area contributed by atoms with Crippen molar-refractivity contribution in [3.8, 4) is 16.9 Å². The van der Waals surface area contributed by atoms with Gasteiger partial charge in [0.05, 0.1) is 19.4 Å². The Hall–Kier alpha value is -1.85. The van der Waals surface area contributed by atoms with Crippen LogP contribution in [0.15, 0.2) is 30.6 Å². The first-order valence-corrected chi connectivity index (χ1v) is 6.85. The Morgan fingerprint density at radius 1 is 1.35 bits per heavy atom. The van der Waals surface area contributed by atoms with Crippen molar-refractivity contribution in [1.82, 2.24) is 15.1 Å². The molecule has 5 nitrogen and oxygen atoms in total. The molecule has 1 N–H and O–H groups in total. The molecule has 0 bridgehead atoms. The van der Waals surface area contributed by atoms with Crippen molar-refractivity contribution in [2.24, 2.45) is 0 Å². The second-order valence-electron chi connectivity index (χ2n) is 4.73. The monoisotopic (exact) mass is 272 g/mol. The van der Waals surface area contributed by atoms with Crippen molar-refractivity contribution in [2.75, 3.05) is 39.5 Å². The number of nitrogens with zero attached hydrogens (tertiary/aromatic N) is 2. The Morgan fingerprint density at radius 3 is 3.05 bits per heavy atom. The standard InChI is InChI=1S/C15H18N3O2/c1-2-13(14-11-16-17-12-14)10-15(3-1)20-9-6-18-4-7-19-8-5-18/h1-2,10-12H,4-9H2,(H,16,17). The largest absolute Gasteiger partial charge is 0.492 e. The maximum absolute atomic E-state index is 5.78. The van der Waals surface area contributed by atoms with Gasteiger partial charge in [-0.1, -0.05) is 6.07 Å². The van der Waals surface area contributed by atoms with Crippen LogP contribution in [0.1, 0.15) is 0 Å². The molecule has 0 unspecified atom stereocenters. The summed E-state index contributed by atoms with van der Waals surface area (Å²) < 4.78 is 11.1. The first-order valence-electron chi connectivity index (χ1n) is 6.85. The van der Waals surface area contributed by atoms with Gasteiger partial charge in [0, 0.05) is 37.5 Å². The minimum atomic E-state index is 0.672. The van der Waals surface area contributed by atoms with Gasteiger partial charge < -0.3 is 9.47 Å². The van der Waals surface area contributed by atoms with Crippen LogP contribution in [0.4, 0.5) is 0 Å². The summed E-state index contributed by atoms with van der Waals surface area (Å²) in [6.07, 6.45) is 3.67. The van der Waals surface area contributed by atoms with Crippen LogP contribution < -0.4 is 4.74 Å². The minimum Gasteiger partial charge on any atom is -0.492 e. The number of morpholine rings is 1. The third-order valence-corrected chi connectivity index (χ3v) is 3.38. The van der Waals surface area contributed by atoms with E-state index >= 15 is 0 Å². The van der Waals surface area contributed by atoms with E-state index in [0.717, 1.165) is 49.7 Å². The number of nitrogens with one attached hydrogen (secondary N) is 1. The summed E-state index contributed by atoms with van der Waals surface area (Å²) in [5.41, 5.74) is 2.14. The second-order valence-corrected chi connectivity index (χ2v) is 4.73. The average Bonchev–Trinajstić information content (AvgIpc) is 3.03. The Labute approximate surface area is 118 Å². The van der Waals surface area contributed by atoms with Gasteiger partial charge in [-0.05, 0) is 17.7 Å². The van der Waals surface area contributed by atoms with Crippen molar-refractivity contribution in [2.45, 2.75) is 0 Å². The maximum atomic E-state index is 5.78. The summed E-state index contributed by atoms with van der Waals surface area (Å²) >= 11 is 0. The summed E-state index contributed by atoms with van der Waals surface area (Å²) in [7, 11) is 0. The van der Waals surface area contributed by atoms with Gasteiger partial charge in [0.1, 0.15) is 12.4 Å². The fourth-order valence-electron chi connectivity index (χ4n) is 2.23. The summed E-state index contributed by atoms with van der Waals surface area (Å²) in [6, 6.07) is 8.98. The number of aromatic amines is 1. The Morgan fingerprint density at radius 2 is 2.25 bits per heavy atom. The Balaban J connectivity index is 1.53. The lowest BCUT2D eigenvalue weighted by Crippen LogP contribution is -2.38. The Bertz CT molecular complexity index is 522. The molecule has 1 aromatic carbocycles. The number of ether oxygens (including phenoxy) is 2. The predicted molar refractivity (Wildman–Crippen MR) is 75.6 cm³/mol. The molecule has 2 heterocycles. The van der Waals surface area contributed by atoms with Gasteiger partial charge in [-0.2, -0.15) is 5.10 Å². The van der Waals surface area contributed by atoms with E-state index in [2.05, 4.69) is 21.2 Å². The third kappa shape index (κ3) is 3.37. The molecule has 105 valence electrons. The molecule has 0 saturated carbocycles. The average molecular weight is 272 g/mol. The third-order valence-electron chi connectivity index (χ3n) is 3.38. The van der Waals surface area contributed by atoms with E-state index in [9.17, 15) is 0 Å². The number of aromatic nitrogens is 2. The van der Waals surface area contributed by atoms with Gasteiger partial charge in [0.25, 0.3) is 0 Å². The number of rotatable bonds is 5. The molecule has 0 amide bonds. The zero-order valence-corrected chi connectivity index (χ0v) is 11.3. The molecule has 1 aliphatic heterocycles. The van der Waals surface area contributed by atoms with Gasteiger partial charge in [-0.3, -0.25) is 10.00 Å². The molecule has 1 saturated heterocycles. The summed E-state index contributed by atoms with van der Waals surface area (Å²) in [5.74, 6) is 0.775. The highest BCUT2D eigenvalue weighted by Crippen LogP contribution is 2.22. The highest BCUT2D eigenvalue weighted by molar-refractivity contribution is 5.63. The number of hydrogen-bond acceptors (Lipinski definition) is 4. The molecule has 1 aliphatic rings. The lowest BCUT2D eigenvalue weighted by molar-refractivity contribution is 0.0322. The van der Waals surface area contributed by atoms with Crippen LogP contribution in [-0.2, 0) is 4.74 Å². The minimum absolute atomic E-state index is 0.672. The van der Waals surface area contributed by atoms with Gasteiger partial charge in [-0.25, -0.2) is 0 Å². The Kier molecular flexibility index (Phi) is 4.30. The molecule has 0 atom stereocenters. The number of hydrogen-bond donors (Lipinski definition) is 1. The van der Waals surface area contributed by atoms with Crippen molar-refractivity contribution in [1.29, 1.82) is 0 Å². The van der Waals surface area contributed by atoms with Crippen molar-refractivity contribution in [3.63, 3.8) is 0 Å². The van der Waals surface area contributed by atoms with Crippen LogP contribution >= 0.6 is 0 Å². The smallest absolute Gasteiger partial charge is 0.127 e. The topological polar surface area (TPSA) is 50.4 Å². The highest BCUT2D eigenvalue weighted by atomic mass is 16.5. The van der Waals surface area contributed by atoms with E-state index in [-0.39, 0.29) is 0 Å². The number of benzene rings is 1. The van der Waals surface area contributed by atoms with E-state index in [1.54, 1.807) is 6.20 Å². The van der Waals surface area contributed by atoms with Crippen LogP contribution in [0.25, 0.3) is 11.1 Å². The van der Waals surface area contributed by atoms with E-state index < -0.39 is 0 Å². The summed E-state index contributed by atoms with van der Waals surface area (Å²) in [5, 5.41) is 6.77. The predicted octanol–water partition coefficient (Wildman–Crippen LogP) is 1.59. The molecule has 1 aromatic heterocycles.